The van der Waals surface area contributed by atoms with Crippen LogP contribution in [0.2, 0.25) is 0 Å². The molecule has 122 valence electrons. The van der Waals surface area contributed by atoms with Crippen molar-refractivity contribution in [2.75, 3.05) is 0 Å². The molecule has 0 radical (unpaired) electrons. The third kappa shape index (κ3) is 2.76. The lowest BCUT2D eigenvalue weighted by Crippen LogP contribution is -2.09. The van der Waals surface area contributed by atoms with Crippen molar-refractivity contribution < 1.29 is 13.2 Å². The smallest absolute Gasteiger partial charge is 0.340 e. The van der Waals surface area contributed by atoms with Gasteiger partial charge in [0.25, 0.3) is 0 Å². The van der Waals surface area contributed by atoms with Crippen LogP contribution < -0.4 is 0 Å². The van der Waals surface area contributed by atoms with Crippen LogP contribution in [-0.4, -0.2) is 4.57 Å². The third-order valence-electron chi connectivity index (χ3n) is 4.19. The zero-order valence-corrected chi connectivity index (χ0v) is 13.0. The largest absolute Gasteiger partial charge is 0.417 e. The Kier molecular flexibility index (Phi) is 4.06. The topological polar surface area (TPSA) is 28.7 Å². The lowest BCUT2D eigenvalue weighted by molar-refractivity contribution is -0.136. The molecule has 0 fully saturated rings. The molecular formula is C19H15F3N2. The number of hydrogen-bond donors (Lipinski definition) is 0. The molecule has 0 amide bonds. The number of nitrogens with zero attached hydrogens (tertiary/aromatic N) is 2. The summed E-state index contributed by atoms with van der Waals surface area (Å²) in [5.74, 6) is 0. The van der Waals surface area contributed by atoms with Gasteiger partial charge in [-0.05, 0) is 42.3 Å². The minimum atomic E-state index is -4.38. The van der Waals surface area contributed by atoms with Crippen LogP contribution in [0.25, 0.3) is 10.9 Å². The summed E-state index contributed by atoms with van der Waals surface area (Å²) in [5, 5.41) is 9.26. The van der Waals surface area contributed by atoms with Crippen LogP contribution in [0, 0.1) is 11.3 Å². The molecule has 3 aromatic rings. The van der Waals surface area contributed by atoms with Gasteiger partial charge in [0.15, 0.2) is 0 Å². The van der Waals surface area contributed by atoms with Gasteiger partial charge >= 0.3 is 6.18 Å². The van der Waals surface area contributed by atoms with Crippen LogP contribution >= 0.6 is 0 Å². The molecule has 0 N–H and O–H groups in total. The molecule has 3 rings (SSSR count). The van der Waals surface area contributed by atoms with Crippen molar-refractivity contribution in [2.24, 2.45) is 0 Å². The van der Waals surface area contributed by atoms with Crippen molar-refractivity contribution in [1.29, 1.82) is 5.26 Å². The Labute approximate surface area is 137 Å². The lowest BCUT2D eigenvalue weighted by Gasteiger charge is -2.20. The number of hydrogen-bond acceptors (Lipinski definition) is 1. The second-order valence-corrected chi connectivity index (χ2v) is 5.62. The second-order valence-electron chi connectivity index (χ2n) is 5.62. The van der Waals surface area contributed by atoms with Gasteiger partial charge < -0.3 is 4.57 Å². The number of benzene rings is 2. The van der Waals surface area contributed by atoms with E-state index in [1.807, 2.05) is 17.6 Å². The summed E-state index contributed by atoms with van der Waals surface area (Å²) < 4.78 is 41.4. The molecule has 0 saturated heterocycles. The van der Waals surface area contributed by atoms with E-state index >= 15 is 0 Å². The number of alkyl halides is 3. The van der Waals surface area contributed by atoms with Crippen molar-refractivity contribution >= 4 is 10.9 Å². The monoisotopic (exact) mass is 328 g/mol. The molecule has 5 heteroatoms. The fraction of sp³-hybridized carbons (Fsp3) is 0.211. The third-order valence-corrected chi connectivity index (χ3v) is 4.19. The first-order valence-electron chi connectivity index (χ1n) is 7.62. The van der Waals surface area contributed by atoms with Gasteiger partial charge in [-0.3, -0.25) is 0 Å². The van der Waals surface area contributed by atoms with Crippen molar-refractivity contribution in [3.8, 4) is 6.07 Å². The van der Waals surface area contributed by atoms with E-state index in [1.165, 1.54) is 12.1 Å². The number of rotatable bonds is 3. The van der Waals surface area contributed by atoms with E-state index in [-0.39, 0.29) is 11.4 Å². The van der Waals surface area contributed by atoms with Gasteiger partial charge in [0.1, 0.15) is 0 Å². The molecule has 0 bridgehead atoms. The van der Waals surface area contributed by atoms with Crippen molar-refractivity contribution in [3.63, 3.8) is 0 Å². The van der Waals surface area contributed by atoms with E-state index in [9.17, 15) is 13.2 Å². The van der Waals surface area contributed by atoms with Crippen LogP contribution in [0.4, 0.5) is 13.2 Å². The predicted octanol–water partition coefficient (Wildman–Crippen LogP) is 5.53. The van der Waals surface area contributed by atoms with Crippen molar-refractivity contribution in [1.82, 2.24) is 4.57 Å². The Morgan fingerprint density at radius 2 is 1.88 bits per heavy atom. The first-order valence-corrected chi connectivity index (χ1v) is 7.62. The Morgan fingerprint density at radius 3 is 2.54 bits per heavy atom. The van der Waals surface area contributed by atoms with E-state index in [4.69, 9.17) is 5.26 Å². The molecule has 0 saturated carbocycles. The average Bonchev–Trinajstić information content (AvgIpc) is 2.99. The Balaban J connectivity index is 2.16. The molecule has 1 heterocycles. The van der Waals surface area contributed by atoms with E-state index in [1.54, 1.807) is 30.5 Å². The molecule has 1 unspecified atom stereocenters. The van der Waals surface area contributed by atoms with Gasteiger partial charge in [0.05, 0.1) is 23.2 Å². The number of halogens is 3. The van der Waals surface area contributed by atoms with Crippen LogP contribution in [0.1, 0.15) is 36.1 Å². The number of aromatic nitrogens is 1. The maximum atomic E-state index is 13.2. The standard InChI is InChI=1S/C19H15F3N2/c1-2-17(14-6-3-5-13(11-14)12-23)24-10-9-15-16(19(20,21)22)7-4-8-18(15)24/h3-11,17H,2H2,1H3. The van der Waals surface area contributed by atoms with E-state index in [0.29, 0.717) is 17.5 Å². The quantitative estimate of drug-likeness (QED) is 0.621. The molecule has 2 nitrogen and oxygen atoms in total. The highest BCUT2D eigenvalue weighted by Crippen LogP contribution is 2.37. The molecule has 0 spiro atoms. The first kappa shape index (κ1) is 16.1. The summed E-state index contributed by atoms with van der Waals surface area (Å²) in [4.78, 5) is 0. The van der Waals surface area contributed by atoms with E-state index in [2.05, 4.69) is 6.07 Å². The highest BCUT2D eigenvalue weighted by atomic mass is 19.4. The fourth-order valence-electron chi connectivity index (χ4n) is 3.12. The Bertz CT molecular complexity index is 916. The van der Waals surface area contributed by atoms with Crippen LogP contribution in [-0.2, 0) is 6.18 Å². The molecule has 0 aliphatic carbocycles. The van der Waals surface area contributed by atoms with Crippen molar-refractivity contribution in [3.05, 3.63) is 71.4 Å². The van der Waals surface area contributed by atoms with Gasteiger partial charge in [-0.1, -0.05) is 25.1 Å². The molecule has 2 aromatic carbocycles. The minimum Gasteiger partial charge on any atom is -0.340 e. The summed E-state index contributed by atoms with van der Waals surface area (Å²) in [6.45, 7) is 1.98. The van der Waals surface area contributed by atoms with Gasteiger partial charge in [0, 0.05) is 17.1 Å². The van der Waals surface area contributed by atoms with Crippen LogP contribution in [0.3, 0.4) is 0 Å². The van der Waals surface area contributed by atoms with E-state index < -0.39 is 11.7 Å². The summed E-state index contributed by atoms with van der Waals surface area (Å²) in [7, 11) is 0. The number of fused-ring (bicyclic) bond motifs is 1. The van der Waals surface area contributed by atoms with Gasteiger partial charge in [0.2, 0.25) is 0 Å². The van der Waals surface area contributed by atoms with E-state index in [0.717, 1.165) is 11.6 Å². The SMILES string of the molecule is CCC(c1cccc(C#N)c1)n1ccc2c(C(F)(F)F)cccc21. The summed E-state index contributed by atoms with van der Waals surface area (Å²) in [5.41, 5.74) is 1.36. The van der Waals surface area contributed by atoms with Gasteiger partial charge in [-0.2, -0.15) is 18.4 Å². The first-order chi connectivity index (χ1) is 11.5. The van der Waals surface area contributed by atoms with Crippen molar-refractivity contribution in [2.45, 2.75) is 25.6 Å². The van der Waals surface area contributed by atoms with Gasteiger partial charge in [-0.15, -0.1) is 0 Å². The molecule has 1 aromatic heterocycles. The Hall–Kier alpha value is -2.74. The fourth-order valence-corrected chi connectivity index (χ4v) is 3.12. The Morgan fingerprint density at radius 1 is 1.12 bits per heavy atom. The highest BCUT2D eigenvalue weighted by molar-refractivity contribution is 5.84. The highest BCUT2D eigenvalue weighted by Gasteiger charge is 2.33. The summed E-state index contributed by atoms with van der Waals surface area (Å²) >= 11 is 0. The summed E-state index contributed by atoms with van der Waals surface area (Å²) in [6.07, 6.45) is -1.99. The molecule has 0 aliphatic rings. The lowest BCUT2D eigenvalue weighted by atomic mass is 10.0. The zero-order valence-electron chi connectivity index (χ0n) is 13.0. The predicted molar refractivity (Wildman–Crippen MR) is 86.5 cm³/mol. The second kappa shape index (κ2) is 6.04. The number of nitriles is 1. The maximum Gasteiger partial charge on any atom is 0.417 e. The zero-order chi connectivity index (χ0) is 17.3. The molecular weight excluding hydrogens is 313 g/mol. The average molecular weight is 328 g/mol. The molecule has 0 aliphatic heterocycles. The van der Waals surface area contributed by atoms with Crippen LogP contribution in [0.5, 0.6) is 0 Å². The van der Waals surface area contributed by atoms with Crippen LogP contribution in [0.15, 0.2) is 54.7 Å². The summed E-state index contributed by atoms with van der Waals surface area (Å²) in [6, 6.07) is 14.9. The molecule has 24 heavy (non-hydrogen) atoms. The minimum absolute atomic E-state index is 0.126. The normalized spacial score (nSPS) is 13.0. The maximum absolute atomic E-state index is 13.2. The van der Waals surface area contributed by atoms with Gasteiger partial charge in [-0.25, -0.2) is 0 Å². The molecule has 1 atom stereocenters.